The van der Waals surface area contributed by atoms with Gasteiger partial charge in [0.15, 0.2) is 0 Å². The zero-order chi connectivity index (χ0) is 24.3. The molecule has 0 aromatic heterocycles. The van der Waals surface area contributed by atoms with Crippen molar-refractivity contribution in [3.05, 3.63) is 107 Å². The van der Waals surface area contributed by atoms with Crippen LogP contribution in [-0.2, 0) is 29.1 Å². The third-order valence-electron chi connectivity index (χ3n) is 5.35. The molecule has 0 fully saturated rings. The fraction of sp³-hybridized carbons (Fsp3) is 0.240. The van der Waals surface area contributed by atoms with Crippen LogP contribution in [-0.4, -0.2) is 5.91 Å². The predicted molar refractivity (Wildman–Crippen MR) is 112 cm³/mol. The van der Waals surface area contributed by atoms with Crippen molar-refractivity contribution in [2.45, 2.75) is 37.7 Å². The smallest absolute Gasteiger partial charge is 0.342 e. The fourth-order valence-corrected chi connectivity index (χ4v) is 3.71. The maximum absolute atomic E-state index is 13.5. The first kappa shape index (κ1) is 24.4. The van der Waals surface area contributed by atoms with Crippen LogP contribution < -0.4 is 5.32 Å². The van der Waals surface area contributed by atoms with E-state index in [4.69, 9.17) is 0 Å². The lowest BCUT2D eigenvalue weighted by Gasteiger charge is -2.37. The lowest BCUT2D eigenvalue weighted by molar-refractivity contribution is -0.138. The van der Waals surface area contributed by atoms with Gasteiger partial charge in [-0.05, 0) is 41.0 Å². The van der Waals surface area contributed by atoms with Crippen LogP contribution in [0.3, 0.4) is 0 Å². The zero-order valence-electron chi connectivity index (χ0n) is 17.6. The number of amides is 1. The minimum atomic E-state index is -4.67. The third kappa shape index (κ3) is 5.56. The molecule has 3 aromatic rings. The molecule has 33 heavy (non-hydrogen) atoms. The van der Waals surface area contributed by atoms with Gasteiger partial charge in [-0.25, -0.2) is 0 Å². The van der Waals surface area contributed by atoms with E-state index in [9.17, 15) is 31.1 Å². The van der Waals surface area contributed by atoms with Gasteiger partial charge in [0, 0.05) is 12.8 Å². The van der Waals surface area contributed by atoms with Crippen molar-refractivity contribution in [3.63, 3.8) is 0 Å². The van der Waals surface area contributed by atoms with E-state index < -0.39 is 34.9 Å². The molecule has 0 aliphatic carbocycles. The molecule has 0 aliphatic heterocycles. The molecule has 0 atom stereocenters. The standard InChI is InChI=1S/C25H21F6NO/c1-2-22(33)32-23(16-17-8-4-3-5-9-17,18-10-6-12-20(14-18)24(26,27)28)19-11-7-13-21(15-19)25(29,30)31/h3-15H,2,16H2,1H3,(H,32,33). The summed E-state index contributed by atoms with van der Waals surface area (Å²) in [6, 6.07) is 17.2. The zero-order valence-corrected chi connectivity index (χ0v) is 17.6. The quantitative estimate of drug-likeness (QED) is 0.402. The number of carbonyl (C=O) groups is 1. The van der Waals surface area contributed by atoms with Crippen LogP contribution in [0.5, 0.6) is 0 Å². The maximum Gasteiger partial charge on any atom is 0.416 e. The second-order valence-electron chi connectivity index (χ2n) is 7.63. The number of hydrogen-bond donors (Lipinski definition) is 1. The molecular weight excluding hydrogens is 444 g/mol. The van der Waals surface area contributed by atoms with Gasteiger partial charge >= 0.3 is 12.4 Å². The molecule has 0 spiro atoms. The van der Waals surface area contributed by atoms with Crippen LogP contribution in [0, 0.1) is 0 Å². The SMILES string of the molecule is CCC(=O)NC(Cc1ccccc1)(c1cccc(C(F)(F)F)c1)c1cccc(C(F)(F)F)c1. The Morgan fingerprint density at radius 3 is 1.58 bits per heavy atom. The lowest BCUT2D eigenvalue weighted by Crippen LogP contribution is -2.48. The summed E-state index contributed by atoms with van der Waals surface area (Å²) in [7, 11) is 0. The van der Waals surface area contributed by atoms with Gasteiger partial charge < -0.3 is 5.32 Å². The van der Waals surface area contributed by atoms with Gasteiger partial charge in [-0.1, -0.05) is 61.5 Å². The topological polar surface area (TPSA) is 29.1 Å². The van der Waals surface area contributed by atoms with Gasteiger partial charge in [0.1, 0.15) is 0 Å². The summed E-state index contributed by atoms with van der Waals surface area (Å²) in [6.07, 6.45) is -9.40. The first-order valence-corrected chi connectivity index (χ1v) is 10.2. The molecule has 0 heterocycles. The van der Waals surface area contributed by atoms with E-state index in [-0.39, 0.29) is 24.0 Å². The van der Waals surface area contributed by atoms with Crippen molar-refractivity contribution in [2.24, 2.45) is 0 Å². The Kier molecular flexibility index (Phi) is 6.86. The molecule has 0 aliphatic rings. The molecule has 0 saturated carbocycles. The van der Waals surface area contributed by atoms with E-state index >= 15 is 0 Å². The minimum absolute atomic E-state index is 0.00549. The summed E-state index contributed by atoms with van der Waals surface area (Å²) in [5.74, 6) is -0.513. The van der Waals surface area contributed by atoms with Crippen LogP contribution in [0.4, 0.5) is 26.3 Å². The van der Waals surface area contributed by atoms with E-state index in [0.29, 0.717) is 5.56 Å². The molecule has 2 nitrogen and oxygen atoms in total. The molecule has 1 N–H and O–H groups in total. The number of alkyl halides is 6. The van der Waals surface area contributed by atoms with E-state index in [2.05, 4.69) is 5.32 Å². The minimum Gasteiger partial charge on any atom is -0.342 e. The number of hydrogen-bond acceptors (Lipinski definition) is 1. The highest BCUT2D eigenvalue weighted by Crippen LogP contribution is 2.39. The van der Waals surface area contributed by atoms with Gasteiger partial charge in [-0.15, -0.1) is 0 Å². The monoisotopic (exact) mass is 465 g/mol. The summed E-state index contributed by atoms with van der Waals surface area (Å²) < 4.78 is 81.0. The van der Waals surface area contributed by atoms with Crippen LogP contribution in [0.1, 0.15) is 41.2 Å². The van der Waals surface area contributed by atoms with Crippen molar-refractivity contribution in [1.82, 2.24) is 5.32 Å². The molecule has 174 valence electrons. The number of rotatable bonds is 6. The van der Waals surface area contributed by atoms with E-state index in [0.717, 1.165) is 24.3 Å². The number of benzene rings is 3. The molecule has 0 unspecified atom stereocenters. The highest BCUT2D eigenvalue weighted by molar-refractivity contribution is 5.77. The predicted octanol–water partition coefficient (Wildman–Crippen LogP) is 6.74. The molecule has 3 aromatic carbocycles. The Morgan fingerprint density at radius 2 is 1.15 bits per heavy atom. The average molecular weight is 465 g/mol. The van der Waals surface area contributed by atoms with E-state index in [1.165, 1.54) is 24.3 Å². The Labute approximate surface area is 187 Å². The molecule has 0 radical (unpaired) electrons. The first-order valence-electron chi connectivity index (χ1n) is 10.2. The van der Waals surface area contributed by atoms with Crippen LogP contribution >= 0.6 is 0 Å². The van der Waals surface area contributed by atoms with Crippen LogP contribution in [0.15, 0.2) is 78.9 Å². The Bertz CT molecular complexity index is 1050. The van der Waals surface area contributed by atoms with Gasteiger partial charge in [0.2, 0.25) is 5.91 Å². The number of nitrogens with one attached hydrogen (secondary N) is 1. The largest absolute Gasteiger partial charge is 0.416 e. The third-order valence-corrected chi connectivity index (χ3v) is 5.35. The first-order chi connectivity index (χ1) is 15.5. The molecule has 0 saturated heterocycles. The van der Waals surface area contributed by atoms with E-state index in [1.54, 1.807) is 37.3 Å². The molecule has 1 amide bonds. The summed E-state index contributed by atoms with van der Waals surface area (Å²) in [5.41, 5.74) is -2.91. The maximum atomic E-state index is 13.5. The summed E-state index contributed by atoms with van der Waals surface area (Å²) in [6.45, 7) is 1.56. The van der Waals surface area contributed by atoms with Gasteiger partial charge in [0.25, 0.3) is 0 Å². The van der Waals surface area contributed by atoms with Crippen LogP contribution in [0.25, 0.3) is 0 Å². The van der Waals surface area contributed by atoms with Crippen molar-refractivity contribution in [1.29, 1.82) is 0 Å². The van der Waals surface area contributed by atoms with Crippen molar-refractivity contribution < 1.29 is 31.1 Å². The van der Waals surface area contributed by atoms with Crippen molar-refractivity contribution in [2.75, 3.05) is 0 Å². The normalized spacial score (nSPS) is 12.5. The lowest BCUT2D eigenvalue weighted by atomic mass is 9.76. The van der Waals surface area contributed by atoms with Crippen molar-refractivity contribution >= 4 is 5.91 Å². The highest BCUT2D eigenvalue weighted by Gasteiger charge is 2.40. The Morgan fingerprint density at radius 1 is 0.697 bits per heavy atom. The summed E-state index contributed by atoms with van der Waals surface area (Å²) in [4.78, 5) is 12.6. The molecule has 0 bridgehead atoms. The highest BCUT2D eigenvalue weighted by atomic mass is 19.4. The fourth-order valence-electron chi connectivity index (χ4n) is 3.71. The molecule has 8 heteroatoms. The van der Waals surface area contributed by atoms with Crippen molar-refractivity contribution in [3.8, 4) is 0 Å². The number of carbonyl (C=O) groups excluding carboxylic acids is 1. The summed E-state index contributed by atoms with van der Waals surface area (Å²) >= 11 is 0. The Balaban J connectivity index is 2.33. The van der Waals surface area contributed by atoms with Gasteiger partial charge in [-0.3, -0.25) is 4.79 Å². The average Bonchev–Trinajstić information content (AvgIpc) is 2.78. The second-order valence-corrected chi connectivity index (χ2v) is 7.63. The van der Waals surface area contributed by atoms with Gasteiger partial charge in [-0.2, -0.15) is 26.3 Å². The number of halogens is 6. The van der Waals surface area contributed by atoms with Gasteiger partial charge in [0.05, 0.1) is 16.7 Å². The second kappa shape index (κ2) is 9.29. The van der Waals surface area contributed by atoms with Crippen LogP contribution in [0.2, 0.25) is 0 Å². The Hall–Kier alpha value is -3.29. The molecule has 3 rings (SSSR count). The molecular formula is C25H21F6NO. The van der Waals surface area contributed by atoms with E-state index in [1.807, 2.05) is 0 Å². The summed E-state index contributed by atoms with van der Waals surface area (Å²) in [5, 5.41) is 2.74.